The van der Waals surface area contributed by atoms with Crippen LogP contribution in [0.25, 0.3) is 0 Å². The second-order valence-electron chi connectivity index (χ2n) is 4.54. The number of unbranched alkanes of at least 4 members (excludes halogenated alkanes) is 1. The molecule has 0 heterocycles. The van der Waals surface area contributed by atoms with E-state index in [0.717, 1.165) is 25.7 Å². The van der Waals surface area contributed by atoms with Gasteiger partial charge < -0.3 is 5.32 Å². The fourth-order valence-corrected chi connectivity index (χ4v) is 2.30. The summed E-state index contributed by atoms with van der Waals surface area (Å²) in [6, 6.07) is 2.55. The minimum absolute atomic E-state index is 0.0202. The fraction of sp³-hybridized carbons (Fsp3) is 0.571. The minimum atomic E-state index is -0.549. The summed E-state index contributed by atoms with van der Waals surface area (Å²) in [5.41, 5.74) is -0.0202. The first-order chi connectivity index (χ1) is 8.58. The van der Waals surface area contributed by atoms with Gasteiger partial charge in [-0.05, 0) is 24.5 Å². The molecule has 0 aliphatic rings. The molecule has 0 saturated heterocycles. The van der Waals surface area contributed by atoms with Gasteiger partial charge >= 0.3 is 0 Å². The summed E-state index contributed by atoms with van der Waals surface area (Å²) in [5.74, 6) is -0.633. The molecule has 18 heavy (non-hydrogen) atoms. The molecular formula is C14H20BrF2N. The van der Waals surface area contributed by atoms with Crippen molar-refractivity contribution >= 4 is 21.6 Å². The van der Waals surface area contributed by atoms with E-state index in [0.29, 0.717) is 16.9 Å². The average Bonchev–Trinajstić information content (AvgIpc) is 2.31. The van der Waals surface area contributed by atoms with E-state index in [-0.39, 0.29) is 5.69 Å². The number of rotatable bonds is 7. The Bertz CT molecular complexity index is 359. The molecule has 0 bridgehead atoms. The van der Waals surface area contributed by atoms with Gasteiger partial charge in [-0.1, -0.05) is 49.0 Å². The highest BCUT2D eigenvalue weighted by Gasteiger charge is 2.12. The van der Waals surface area contributed by atoms with Crippen molar-refractivity contribution in [1.29, 1.82) is 0 Å². The van der Waals surface area contributed by atoms with Gasteiger partial charge in [-0.2, -0.15) is 0 Å². The van der Waals surface area contributed by atoms with Gasteiger partial charge in [0.25, 0.3) is 0 Å². The Kier molecular flexibility index (Phi) is 6.61. The molecule has 0 aliphatic carbocycles. The maximum absolute atomic E-state index is 13.6. The van der Waals surface area contributed by atoms with Crippen LogP contribution in [0, 0.1) is 17.6 Å². The van der Waals surface area contributed by atoms with Gasteiger partial charge in [-0.15, -0.1) is 0 Å². The summed E-state index contributed by atoms with van der Waals surface area (Å²) in [4.78, 5) is 0. The Morgan fingerprint density at radius 1 is 1.22 bits per heavy atom. The van der Waals surface area contributed by atoms with Gasteiger partial charge in [0, 0.05) is 11.0 Å². The third-order valence-electron chi connectivity index (χ3n) is 3.12. The third kappa shape index (κ3) is 4.56. The van der Waals surface area contributed by atoms with Crippen LogP contribution in [0.3, 0.4) is 0 Å². The van der Waals surface area contributed by atoms with E-state index >= 15 is 0 Å². The SMILES string of the molecule is CCCCC(CC)CNc1c(F)cc(Br)cc1F. The van der Waals surface area contributed by atoms with E-state index in [1.54, 1.807) is 0 Å². The Hall–Kier alpha value is -0.640. The molecule has 1 unspecified atom stereocenters. The molecule has 1 aromatic carbocycles. The van der Waals surface area contributed by atoms with Crippen molar-refractivity contribution < 1.29 is 8.78 Å². The van der Waals surface area contributed by atoms with Crippen molar-refractivity contribution in [3.63, 3.8) is 0 Å². The Balaban J connectivity index is 2.62. The molecule has 102 valence electrons. The predicted molar refractivity (Wildman–Crippen MR) is 75.9 cm³/mol. The van der Waals surface area contributed by atoms with Crippen LogP contribution in [-0.4, -0.2) is 6.54 Å². The monoisotopic (exact) mass is 319 g/mol. The first kappa shape index (κ1) is 15.4. The molecule has 0 amide bonds. The van der Waals surface area contributed by atoms with Crippen LogP contribution >= 0.6 is 15.9 Å². The van der Waals surface area contributed by atoms with Gasteiger partial charge in [0.05, 0.1) is 0 Å². The molecule has 0 spiro atoms. The number of halogens is 3. The van der Waals surface area contributed by atoms with E-state index in [2.05, 4.69) is 35.1 Å². The summed E-state index contributed by atoms with van der Waals surface area (Å²) in [7, 11) is 0. The summed E-state index contributed by atoms with van der Waals surface area (Å²) in [6.07, 6.45) is 4.43. The molecule has 1 nitrogen and oxygen atoms in total. The van der Waals surface area contributed by atoms with E-state index in [4.69, 9.17) is 0 Å². The largest absolute Gasteiger partial charge is 0.380 e. The summed E-state index contributed by atoms with van der Waals surface area (Å²) >= 11 is 3.07. The van der Waals surface area contributed by atoms with Gasteiger partial charge in [-0.3, -0.25) is 0 Å². The smallest absolute Gasteiger partial charge is 0.150 e. The van der Waals surface area contributed by atoms with E-state index in [1.807, 2.05) is 0 Å². The maximum Gasteiger partial charge on any atom is 0.150 e. The standard InChI is InChI=1S/C14H20BrF2N/c1-3-5-6-10(4-2)9-18-14-12(16)7-11(15)8-13(14)17/h7-8,10,18H,3-6,9H2,1-2H3. The van der Waals surface area contributed by atoms with Crippen LogP contribution < -0.4 is 5.32 Å². The third-order valence-corrected chi connectivity index (χ3v) is 3.58. The molecule has 0 aliphatic heterocycles. The zero-order chi connectivity index (χ0) is 13.5. The van der Waals surface area contributed by atoms with Crippen molar-refractivity contribution in [3.8, 4) is 0 Å². The zero-order valence-corrected chi connectivity index (χ0v) is 12.5. The number of hydrogen-bond acceptors (Lipinski definition) is 1. The highest BCUT2D eigenvalue weighted by Crippen LogP contribution is 2.24. The molecule has 1 atom stereocenters. The number of benzene rings is 1. The van der Waals surface area contributed by atoms with Gasteiger partial charge in [-0.25, -0.2) is 8.78 Å². The maximum atomic E-state index is 13.6. The van der Waals surface area contributed by atoms with E-state index in [9.17, 15) is 8.78 Å². The van der Waals surface area contributed by atoms with E-state index in [1.165, 1.54) is 12.1 Å². The van der Waals surface area contributed by atoms with Crippen LogP contribution in [0.5, 0.6) is 0 Å². The molecule has 0 saturated carbocycles. The fourth-order valence-electron chi connectivity index (χ4n) is 1.90. The topological polar surface area (TPSA) is 12.0 Å². The summed E-state index contributed by atoms with van der Waals surface area (Å²) < 4.78 is 27.6. The summed E-state index contributed by atoms with van der Waals surface area (Å²) in [5, 5.41) is 2.90. The van der Waals surface area contributed by atoms with E-state index < -0.39 is 11.6 Å². The lowest BCUT2D eigenvalue weighted by Crippen LogP contribution is -2.15. The highest BCUT2D eigenvalue weighted by atomic mass is 79.9. The second kappa shape index (κ2) is 7.72. The molecule has 0 radical (unpaired) electrons. The number of anilines is 1. The van der Waals surface area contributed by atoms with Crippen molar-refractivity contribution in [2.24, 2.45) is 5.92 Å². The predicted octanol–water partition coefficient (Wildman–Crippen LogP) is 5.36. The quantitative estimate of drug-likeness (QED) is 0.713. The van der Waals surface area contributed by atoms with Crippen LogP contribution in [0.2, 0.25) is 0 Å². The second-order valence-corrected chi connectivity index (χ2v) is 5.46. The normalized spacial score (nSPS) is 12.5. The molecule has 4 heteroatoms. The van der Waals surface area contributed by atoms with Crippen LogP contribution in [0.1, 0.15) is 39.5 Å². The lowest BCUT2D eigenvalue weighted by molar-refractivity contribution is 0.470. The molecule has 1 rings (SSSR count). The molecule has 0 aromatic heterocycles. The van der Waals surface area contributed by atoms with Crippen molar-refractivity contribution in [2.45, 2.75) is 39.5 Å². The van der Waals surface area contributed by atoms with Gasteiger partial charge in [0.2, 0.25) is 0 Å². The van der Waals surface area contributed by atoms with Crippen LogP contribution in [-0.2, 0) is 0 Å². The van der Waals surface area contributed by atoms with Crippen LogP contribution in [0.15, 0.2) is 16.6 Å². The average molecular weight is 320 g/mol. The van der Waals surface area contributed by atoms with Gasteiger partial charge in [0.1, 0.15) is 17.3 Å². The Morgan fingerprint density at radius 3 is 2.33 bits per heavy atom. The minimum Gasteiger partial charge on any atom is -0.380 e. The Morgan fingerprint density at radius 2 is 1.83 bits per heavy atom. The molecule has 1 N–H and O–H groups in total. The Labute approximate surface area is 116 Å². The van der Waals surface area contributed by atoms with Gasteiger partial charge in [0.15, 0.2) is 0 Å². The molecular weight excluding hydrogens is 300 g/mol. The number of hydrogen-bond donors (Lipinski definition) is 1. The van der Waals surface area contributed by atoms with Crippen molar-refractivity contribution in [3.05, 3.63) is 28.2 Å². The van der Waals surface area contributed by atoms with Crippen molar-refractivity contribution in [1.82, 2.24) is 0 Å². The summed E-state index contributed by atoms with van der Waals surface area (Å²) in [6.45, 7) is 4.87. The first-order valence-corrected chi connectivity index (χ1v) is 7.26. The zero-order valence-electron chi connectivity index (χ0n) is 10.9. The van der Waals surface area contributed by atoms with Crippen LogP contribution in [0.4, 0.5) is 14.5 Å². The lowest BCUT2D eigenvalue weighted by atomic mass is 9.99. The molecule has 1 aromatic rings. The number of nitrogens with one attached hydrogen (secondary N) is 1. The molecule has 0 fully saturated rings. The highest BCUT2D eigenvalue weighted by molar-refractivity contribution is 9.10. The lowest BCUT2D eigenvalue weighted by Gasteiger charge is -2.17. The van der Waals surface area contributed by atoms with Crippen molar-refractivity contribution in [2.75, 3.05) is 11.9 Å². The first-order valence-electron chi connectivity index (χ1n) is 6.46.